The van der Waals surface area contributed by atoms with Gasteiger partial charge >= 0.3 is 0 Å². The molecule has 66 heavy (non-hydrogen) atoms. The topological polar surface area (TPSA) is 43.2 Å². The van der Waals surface area contributed by atoms with Crippen molar-refractivity contribution in [1.82, 2.24) is 4.57 Å². The minimum atomic E-state index is -0.183. The molecular weight excluding hydrogens is 803 g/mol. The molecule has 0 amide bonds. The van der Waals surface area contributed by atoms with Gasteiger partial charge in [-0.1, -0.05) is 158 Å². The van der Waals surface area contributed by atoms with Crippen LogP contribution in [0.5, 0.6) is 0 Å². The van der Waals surface area contributed by atoms with Gasteiger partial charge in [0.25, 0.3) is 0 Å². The SMILES string of the molecule is CC(C)(C)c1ccc(Nc2cc3c(cc2-c2c4c5c(c6cc(C(C)(C)C)ccc6n5-c5cc6oc(-c7ccccc7)cc6cc5B4)c4oc5ccccc5c24)-c2ccccc2C3(C)C)cc1. The van der Waals surface area contributed by atoms with E-state index in [0.29, 0.717) is 0 Å². The van der Waals surface area contributed by atoms with E-state index < -0.39 is 0 Å². The zero-order valence-corrected chi connectivity index (χ0v) is 38.9. The van der Waals surface area contributed by atoms with Gasteiger partial charge in [-0.15, -0.1) is 0 Å². The molecule has 2 aliphatic rings. The molecule has 8 aromatic carbocycles. The van der Waals surface area contributed by atoms with Crippen LogP contribution in [0.1, 0.15) is 77.6 Å². The van der Waals surface area contributed by atoms with Crippen LogP contribution in [0.15, 0.2) is 160 Å². The summed E-state index contributed by atoms with van der Waals surface area (Å²) in [5.74, 6) is 0.875. The van der Waals surface area contributed by atoms with E-state index in [4.69, 9.17) is 8.83 Å². The third kappa shape index (κ3) is 5.59. The van der Waals surface area contributed by atoms with Crippen LogP contribution in [0.25, 0.3) is 94.0 Å². The lowest BCUT2D eigenvalue weighted by molar-refractivity contribution is 0.590. The zero-order chi connectivity index (χ0) is 45.0. The molecule has 1 aliphatic heterocycles. The molecule has 4 heterocycles. The predicted octanol–water partition coefficient (Wildman–Crippen LogP) is 15.1. The molecule has 0 bridgehead atoms. The van der Waals surface area contributed by atoms with E-state index in [1.807, 2.05) is 0 Å². The van der Waals surface area contributed by atoms with Crippen molar-refractivity contribution in [3.05, 3.63) is 174 Å². The second-order valence-corrected chi connectivity index (χ2v) is 21.4. The molecule has 0 spiro atoms. The number of hydrogen-bond donors (Lipinski definition) is 1. The Balaban J connectivity index is 1.17. The molecule has 320 valence electrons. The average molecular weight is 855 g/mol. The predicted molar refractivity (Wildman–Crippen MR) is 280 cm³/mol. The second kappa shape index (κ2) is 13.4. The van der Waals surface area contributed by atoms with Crippen molar-refractivity contribution in [2.45, 2.75) is 71.6 Å². The van der Waals surface area contributed by atoms with Crippen LogP contribution in [-0.2, 0) is 16.2 Å². The third-order valence-corrected chi connectivity index (χ3v) is 14.9. The first-order valence-electron chi connectivity index (χ1n) is 23.5. The summed E-state index contributed by atoms with van der Waals surface area (Å²) in [4.78, 5) is 0. The molecular formula is C61H51BN2O2. The van der Waals surface area contributed by atoms with E-state index in [1.54, 1.807) is 0 Å². The molecule has 4 nitrogen and oxygen atoms in total. The highest BCUT2D eigenvalue weighted by Crippen LogP contribution is 2.54. The van der Waals surface area contributed by atoms with Gasteiger partial charge in [0, 0.05) is 61.2 Å². The van der Waals surface area contributed by atoms with Crippen molar-refractivity contribution >= 4 is 84.3 Å². The van der Waals surface area contributed by atoms with Crippen molar-refractivity contribution < 1.29 is 8.83 Å². The van der Waals surface area contributed by atoms with Crippen LogP contribution in [0, 0.1) is 0 Å². The minimum absolute atomic E-state index is 0.0482. The average Bonchev–Trinajstić information content (AvgIpc) is 4.05. The lowest BCUT2D eigenvalue weighted by atomic mass is 9.58. The third-order valence-electron chi connectivity index (χ3n) is 14.9. The van der Waals surface area contributed by atoms with Gasteiger partial charge in [-0.3, -0.25) is 0 Å². The zero-order valence-electron chi connectivity index (χ0n) is 38.9. The maximum atomic E-state index is 7.24. The van der Waals surface area contributed by atoms with E-state index in [0.717, 1.165) is 79.5 Å². The summed E-state index contributed by atoms with van der Waals surface area (Å²) < 4.78 is 16.5. The van der Waals surface area contributed by atoms with E-state index >= 15 is 0 Å². The summed E-state index contributed by atoms with van der Waals surface area (Å²) >= 11 is 0. The molecule has 0 atom stereocenters. The van der Waals surface area contributed by atoms with Gasteiger partial charge in [-0.05, 0) is 104 Å². The molecule has 0 saturated carbocycles. The molecule has 11 aromatic rings. The molecule has 5 heteroatoms. The fourth-order valence-electron chi connectivity index (χ4n) is 11.4. The van der Waals surface area contributed by atoms with Gasteiger partial charge in [0.05, 0.1) is 16.4 Å². The van der Waals surface area contributed by atoms with Gasteiger partial charge < -0.3 is 18.7 Å². The van der Waals surface area contributed by atoms with E-state index in [2.05, 4.69) is 217 Å². The highest BCUT2D eigenvalue weighted by atomic mass is 16.3. The molecule has 13 rings (SSSR count). The number of para-hydroxylation sites is 1. The molecule has 0 fully saturated rings. The van der Waals surface area contributed by atoms with Crippen molar-refractivity contribution in [2.75, 3.05) is 5.32 Å². The number of benzene rings is 8. The Kier molecular flexibility index (Phi) is 7.96. The minimum Gasteiger partial charge on any atom is -0.456 e. The van der Waals surface area contributed by atoms with Crippen molar-refractivity contribution in [3.63, 3.8) is 0 Å². The van der Waals surface area contributed by atoms with E-state index in [-0.39, 0.29) is 16.2 Å². The van der Waals surface area contributed by atoms with Crippen molar-refractivity contribution in [2.24, 2.45) is 0 Å². The van der Waals surface area contributed by atoms with Crippen LogP contribution < -0.4 is 16.2 Å². The van der Waals surface area contributed by atoms with Crippen LogP contribution >= 0.6 is 0 Å². The maximum absolute atomic E-state index is 7.24. The van der Waals surface area contributed by atoms with Crippen molar-refractivity contribution in [3.8, 4) is 39.3 Å². The lowest BCUT2D eigenvalue weighted by Crippen LogP contribution is -2.37. The lowest BCUT2D eigenvalue weighted by Gasteiger charge is -2.26. The van der Waals surface area contributed by atoms with Crippen LogP contribution in [0.2, 0.25) is 0 Å². The standard InChI is InChI=1S/C61H51BN2O2/c1-59(2,3)36-22-25-38(26-23-36)63-47-32-45-41(39-18-12-14-20-44(39)61(45,7)8)31-42(47)53-54-40-19-13-15-21-50(40)66-58(54)55-43-30-37(60(4,5)6)24-27-48(43)64-49-33-52-35(28-46(49)62-56(53)57(55)64)29-51(65-52)34-16-10-9-11-17-34/h9-33,62-63H,1-8H3. The molecule has 1 N–H and O–H groups in total. The van der Waals surface area contributed by atoms with E-state index in [1.165, 1.54) is 66.3 Å². The van der Waals surface area contributed by atoms with Gasteiger partial charge in [-0.2, -0.15) is 0 Å². The summed E-state index contributed by atoms with van der Waals surface area (Å²) in [5, 5.41) is 9.79. The molecule has 1 aliphatic carbocycles. The monoisotopic (exact) mass is 854 g/mol. The number of hydrogen-bond acceptors (Lipinski definition) is 3. The Morgan fingerprint density at radius 1 is 0.576 bits per heavy atom. The van der Waals surface area contributed by atoms with Gasteiger partial charge in [0.15, 0.2) is 7.28 Å². The normalized spacial score (nSPS) is 14.0. The second-order valence-electron chi connectivity index (χ2n) is 21.4. The Morgan fingerprint density at radius 2 is 1.30 bits per heavy atom. The largest absolute Gasteiger partial charge is 0.456 e. The number of rotatable bonds is 4. The fourth-order valence-corrected chi connectivity index (χ4v) is 11.4. The number of nitrogens with one attached hydrogen (secondary N) is 1. The molecule has 0 unspecified atom stereocenters. The number of nitrogens with zero attached hydrogens (tertiary/aromatic N) is 1. The summed E-state index contributed by atoms with van der Waals surface area (Å²) in [7, 11) is 0.736. The van der Waals surface area contributed by atoms with Gasteiger partial charge in [-0.25, -0.2) is 0 Å². The number of furan rings is 2. The summed E-state index contributed by atoms with van der Waals surface area (Å²) in [5.41, 5.74) is 22.1. The Hall–Kier alpha value is -7.24. The Bertz CT molecular complexity index is 3850. The van der Waals surface area contributed by atoms with Gasteiger partial charge in [0.1, 0.15) is 22.5 Å². The summed E-state index contributed by atoms with van der Waals surface area (Å²) in [6, 6.07) is 56.0. The first kappa shape index (κ1) is 39.2. The summed E-state index contributed by atoms with van der Waals surface area (Å²) in [6.07, 6.45) is 0. The van der Waals surface area contributed by atoms with Crippen LogP contribution in [0.4, 0.5) is 11.4 Å². The van der Waals surface area contributed by atoms with E-state index in [9.17, 15) is 0 Å². The highest BCUT2D eigenvalue weighted by Gasteiger charge is 2.38. The number of anilines is 2. The first-order valence-corrected chi connectivity index (χ1v) is 23.5. The quantitative estimate of drug-likeness (QED) is 0.179. The van der Waals surface area contributed by atoms with Crippen LogP contribution in [0.3, 0.4) is 0 Å². The fraction of sp³-hybridized carbons (Fsp3) is 0.180. The Morgan fingerprint density at radius 3 is 2.09 bits per heavy atom. The molecule has 0 saturated heterocycles. The first-order chi connectivity index (χ1) is 31.7. The Labute approximate surface area is 386 Å². The maximum Gasteiger partial charge on any atom is 0.198 e. The van der Waals surface area contributed by atoms with Gasteiger partial charge in [0.2, 0.25) is 0 Å². The molecule has 0 radical (unpaired) electrons. The smallest absolute Gasteiger partial charge is 0.198 e. The number of fused-ring (bicyclic) bond motifs is 13. The highest BCUT2D eigenvalue weighted by molar-refractivity contribution is 6.74. The number of aromatic nitrogens is 1. The molecule has 3 aromatic heterocycles. The van der Waals surface area contributed by atoms with Crippen LogP contribution in [-0.4, -0.2) is 11.8 Å². The van der Waals surface area contributed by atoms with Crippen molar-refractivity contribution in [1.29, 1.82) is 0 Å². The summed E-state index contributed by atoms with van der Waals surface area (Å²) in [6.45, 7) is 18.5.